The summed E-state index contributed by atoms with van der Waals surface area (Å²) in [4.78, 5) is 20.9. The van der Waals surface area contributed by atoms with Gasteiger partial charge in [-0.1, -0.05) is 33.2 Å². The van der Waals surface area contributed by atoms with Crippen LogP contribution in [0.3, 0.4) is 0 Å². The van der Waals surface area contributed by atoms with E-state index in [4.69, 9.17) is 4.52 Å². The number of rotatable bonds is 5. The highest BCUT2D eigenvalue weighted by atomic mass is 79.9. The SMILES string of the molecule is O=C(NCc1nc(-c2ccncc2)no1)C1(c2cccc(Br)c2)CC1. The molecule has 25 heavy (non-hydrogen) atoms. The van der Waals surface area contributed by atoms with Crippen LogP contribution in [-0.2, 0) is 16.8 Å². The second-order valence-electron chi connectivity index (χ2n) is 6.02. The third-order valence-electron chi connectivity index (χ3n) is 4.37. The molecule has 2 aromatic heterocycles. The van der Waals surface area contributed by atoms with Crippen LogP contribution in [0.4, 0.5) is 0 Å². The Morgan fingerprint density at radius 1 is 1.24 bits per heavy atom. The summed E-state index contributed by atoms with van der Waals surface area (Å²) in [5.74, 6) is 0.860. The zero-order chi connectivity index (χ0) is 17.3. The minimum Gasteiger partial charge on any atom is -0.346 e. The number of nitrogens with one attached hydrogen (secondary N) is 1. The number of hydrogen-bond donors (Lipinski definition) is 1. The molecule has 0 aliphatic heterocycles. The van der Waals surface area contributed by atoms with E-state index in [0.29, 0.717) is 11.7 Å². The third kappa shape index (κ3) is 3.19. The van der Waals surface area contributed by atoms with Gasteiger partial charge in [0.2, 0.25) is 17.6 Å². The predicted molar refractivity (Wildman–Crippen MR) is 94.4 cm³/mol. The first kappa shape index (κ1) is 16.0. The fourth-order valence-electron chi connectivity index (χ4n) is 2.83. The van der Waals surface area contributed by atoms with E-state index < -0.39 is 5.41 Å². The van der Waals surface area contributed by atoms with Crippen molar-refractivity contribution in [3.8, 4) is 11.4 Å². The van der Waals surface area contributed by atoms with Crippen molar-refractivity contribution in [2.24, 2.45) is 0 Å². The Kier molecular flexibility index (Phi) is 4.09. The van der Waals surface area contributed by atoms with Gasteiger partial charge in [0.1, 0.15) is 0 Å². The van der Waals surface area contributed by atoms with Crippen molar-refractivity contribution < 1.29 is 9.32 Å². The van der Waals surface area contributed by atoms with E-state index in [1.807, 2.05) is 24.3 Å². The second-order valence-corrected chi connectivity index (χ2v) is 6.94. The summed E-state index contributed by atoms with van der Waals surface area (Å²) in [6.45, 7) is 0.215. The van der Waals surface area contributed by atoms with Crippen LogP contribution in [-0.4, -0.2) is 21.0 Å². The molecule has 1 fully saturated rings. The molecule has 6 nitrogen and oxygen atoms in total. The molecule has 0 radical (unpaired) electrons. The van der Waals surface area contributed by atoms with Crippen LogP contribution in [0.1, 0.15) is 24.3 Å². The minimum absolute atomic E-state index is 0.00531. The van der Waals surface area contributed by atoms with Gasteiger partial charge in [-0.05, 0) is 42.7 Å². The maximum atomic E-state index is 12.7. The van der Waals surface area contributed by atoms with E-state index in [1.165, 1.54) is 0 Å². The molecule has 1 saturated carbocycles. The molecule has 2 heterocycles. The van der Waals surface area contributed by atoms with Crippen molar-refractivity contribution in [2.75, 3.05) is 0 Å². The Bertz CT molecular complexity index is 906. The molecule has 4 rings (SSSR count). The molecule has 1 aliphatic carbocycles. The van der Waals surface area contributed by atoms with Crippen LogP contribution >= 0.6 is 15.9 Å². The average molecular weight is 399 g/mol. The van der Waals surface area contributed by atoms with Gasteiger partial charge in [0, 0.05) is 22.4 Å². The lowest BCUT2D eigenvalue weighted by Crippen LogP contribution is -2.34. The summed E-state index contributed by atoms with van der Waals surface area (Å²) in [6, 6.07) is 11.5. The van der Waals surface area contributed by atoms with E-state index in [-0.39, 0.29) is 12.5 Å². The molecule has 7 heteroatoms. The van der Waals surface area contributed by atoms with Crippen molar-refractivity contribution in [2.45, 2.75) is 24.8 Å². The highest BCUT2D eigenvalue weighted by Gasteiger charge is 2.51. The van der Waals surface area contributed by atoms with Crippen LogP contribution in [0.15, 0.2) is 57.8 Å². The zero-order valence-electron chi connectivity index (χ0n) is 13.3. The summed E-state index contributed by atoms with van der Waals surface area (Å²) in [5, 5.41) is 6.86. The summed E-state index contributed by atoms with van der Waals surface area (Å²) in [6.07, 6.45) is 5.03. The first-order chi connectivity index (χ1) is 12.2. The molecular formula is C18H15BrN4O2. The van der Waals surface area contributed by atoms with Crippen LogP contribution in [0, 0.1) is 0 Å². The molecule has 1 aromatic carbocycles. The summed E-state index contributed by atoms with van der Waals surface area (Å²) >= 11 is 3.46. The van der Waals surface area contributed by atoms with E-state index >= 15 is 0 Å². The van der Waals surface area contributed by atoms with Gasteiger partial charge in [-0.15, -0.1) is 0 Å². The number of halogens is 1. The molecule has 0 saturated heterocycles. The lowest BCUT2D eigenvalue weighted by atomic mass is 9.95. The molecule has 1 aliphatic rings. The number of carbonyl (C=O) groups excluding carboxylic acids is 1. The average Bonchev–Trinajstić information content (AvgIpc) is 3.32. The smallest absolute Gasteiger partial charge is 0.246 e. The fraction of sp³-hybridized carbons (Fsp3) is 0.222. The predicted octanol–water partition coefficient (Wildman–Crippen LogP) is 3.24. The van der Waals surface area contributed by atoms with Crippen molar-refractivity contribution in [3.63, 3.8) is 0 Å². The molecular weight excluding hydrogens is 384 g/mol. The second kappa shape index (κ2) is 6.40. The molecule has 126 valence electrons. The number of pyridine rings is 1. The molecule has 0 unspecified atom stereocenters. The third-order valence-corrected chi connectivity index (χ3v) is 4.86. The Balaban J connectivity index is 1.44. The molecule has 1 N–H and O–H groups in total. The van der Waals surface area contributed by atoms with Crippen LogP contribution in [0.25, 0.3) is 11.4 Å². The number of benzene rings is 1. The first-order valence-electron chi connectivity index (χ1n) is 7.95. The highest BCUT2D eigenvalue weighted by Crippen LogP contribution is 2.48. The summed E-state index contributed by atoms with van der Waals surface area (Å²) in [5.41, 5.74) is 1.42. The highest BCUT2D eigenvalue weighted by molar-refractivity contribution is 9.10. The lowest BCUT2D eigenvalue weighted by molar-refractivity contribution is -0.123. The topological polar surface area (TPSA) is 80.9 Å². The Hall–Kier alpha value is -2.54. The summed E-state index contributed by atoms with van der Waals surface area (Å²) in [7, 11) is 0. The van der Waals surface area contributed by atoms with Crippen LogP contribution in [0.2, 0.25) is 0 Å². The van der Waals surface area contributed by atoms with Gasteiger partial charge in [-0.3, -0.25) is 9.78 Å². The van der Waals surface area contributed by atoms with Gasteiger partial charge in [0.05, 0.1) is 12.0 Å². The van der Waals surface area contributed by atoms with Gasteiger partial charge in [-0.2, -0.15) is 4.98 Å². The van der Waals surface area contributed by atoms with Crippen molar-refractivity contribution in [1.29, 1.82) is 0 Å². The quantitative estimate of drug-likeness (QED) is 0.713. The minimum atomic E-state index is -0.433. The maximum absolute atomic E-state index is 12.7. The summed E-state index contributed by atoms with van der Waals surface area (Å²) < 4.78 is 6.20. The normalized spacial score (nSPS) is 14.9. The number of hydrogen-bond acceptors (Lipinski definition) is 5. The standard InChI is InChI=1S/C18H15BrN4O2/c19-14-3-1-2-13(10-14)18(6-7-18)17(24)21-11-15-22-16(23-25-15)12-4-8-20-9-5-12/h1-5,8-10H,6-7,11H2,(H,21,24). The van der Waals surface area contributed by atoms with E-state index in [1.54, 1.807) is 24.5 Å². The lowest BCUT2D eigenvalue weighted by Gasteiger charge is -2.15. The van der Waals surface area contributed by atoms with Crippen LogP contribution in [0.5, 0.6) is 0 Å². The number of amides is 1. The molecule has 1 amide bonds. The van der Waals surface area contributed by atoms with E-state index in [0.717, 1.165) is 28.4 Å². The van der Waals surface area contributed by atoms with Gasteiger partial charge >= 0.3 is 0 Å². The molecule has 0 spiro atoms. The fourth-order valence-corrected chi connectivity index (χ4v) is 3.23. The Labute approximate surface area is 152 Å². The van der Waals surface area contributed by atoms with Gasteiger partial charge < -0.3 is 9.84 Å². The van der Waals surface area contributed by atoms with Crippen molar-refractivity contribution >= 4 is 21.8 Å². The number of nitrogens with zero attached hydrogens (tertiary/aromatic N) is 3. The van der Waals surface area contributed by atoms with Crippen molar-refractivity contribution in [3.05, 3.63) is 64.7 Å². The molecule has 0 bridgehead atoms. The van der Waals surface area contributed by atoms with Crippen LogP contribution < -0.4 is 5.32 Å². The Morgan fingerprint density at radius 2 is 2.04 bits per heavy atom. The number of aromatic nitrogens is 3. The number of carbonyl (C=O) groups is 1. The van der Waals surface area contributed by atoms with E-state index in [2.05, 4.69) is 36.4 Å². The first-order valence-corrected chi connectivity index (χ1v) is 8.74. The zero-order valence-corrected chi connectivity index (χ0v) is 14.9. The van der Waals surface area contributed by atoms with Gasteiger partial charge in [0.25, 0.3) is 0 Å². The maximum Gasteiger partial charge on any atom is 0.246 e. The molecule has 3 aromatic rings. The molecule has 0 atom stereocenters. The van der Waals surface area contributed by atoms with Gasteiger partial charge in [0.15, 0.2) is 0 Å². The largest absolute Gasteiger partial charge is 0.346 e. The van der Waals surface area contributed by atoms with Gasteiger partial charge in [-0.25, -0.2) is 0 Å². The van der Waals surface area contributed by atoms with Crippen molar-refractivity contribution in [1.82, 2.24) is 20.4 Å². The Morgan fingerprint density at radius 3 is 2.76 bits per heavy atom. The van der Waals surface area contributed by atoms with E-state index in [9.17, 15) is 4.79 Å². The monoisotopic (exact) mass is 398 g/mol.